The lowest BCUT2D eigenvalue weighted by Gasteiger charge is -2.51. The van der Waals surface area contributed by atoms with Gasteiger partial charge in [-0.2, -0.15) is 0 Å². The van der Waals surface area contributed by atoms with E-state index in [1.165, 1.54) is 12.0 Å². The second-order valence-corrected chi connectivity index (χ2v) is 7.18. The molecule has 0 amide bonds. The van der Waals surface area contributed by atoms with Gasteiger partial charge < -0.3 is 14.1 Å². The fourth-order valence-corrected chi connectivity index (χ4v) is 4.21. The van der Waals surface area contributed by atoms with E-state index >= 15 is 0 Å². The fourth-order valence-electron chi connectivity index (χ4n) is 4.21. The predicted molar refractivity (Wildman–Crippen MR) is 77.6 cm³/mol. The standard InChI is InChI=1S/C14H22B2O3/c1-7(2)3-4-9-12(18-9)10-13-11(16-19-13)8(15)5-14(10)6-17-14/h3,8-13,16H,4-6,15H2,1-2H3. The Labute approximate surface area is 116 Å². The van der Waals surface area contributed by atoms with Crippen molar-refractivity contribution >= 4 is 15.3 Å². The molecule has 0 bridgehead atoms. The third-order valence-corrected chi connectivity index (χ3v) is 5.51. The Morgan fingerprint density at radius 3 is 2.79 bits per heavy atom. The van der Waals surface area contributed by atoms with E-state index < -0.39 is 0 Å². The third-order valence-electron chi connectivity index (χ3n) is 5.51. The third kappa shape index (κ3) is 1.93. The van der Waals surface area contributed by atoms with Crippen molar-refractivity contribution in [2.75, 3.05) is 6.61 Å². The maximum absolute atomic E-state index is 5.97. The predicted octanol–water partition coefficient (Wildman–Crippen LogP) is 0.859. The number of hydrogen-bond donors (Lipinski definition) is 0. The van der Waals surface area contributed by atoms with Gasteiger partial charge in [0.05, 0.1) is 24.4 Å². The van der Waals surface area contributed by atoms with Gasteiger partial charge in [0, 0.05) is 12.0 Å². The van der Waals surface area contributed by atoms with Crippen molar-refractivity contribution in [3.8, 4) is 0 Å². The van der Waals surface area contributed by atoms with Crippen LogP contribution in [0, 0.1) is 5.92 Å². The van der Waals surface area contributed by atoms with Gasteiger partial charge in [-0.3, -0.25) is 0 Å². The molecule has 3 nitrogen and oxygen atoms in total. The highest BCUT2D eigenvalue weighted by Gasteiger charge is 2.69. The summed E-state index contributed by atoms with van der Waals surface area (Å²) in [6.45, 7) is 5.22. The quantitative estimate of drug-likeness (QED) is 0.428. The van der Waals surface area contributed by atoms with E-state index in [0.717, 1.165) is 32.1 Å². The van der Waals surface area contributed by atoms with Gasteiger partial charge in [-0.25, -0.2) is 0 Å². The van der Waals surface area contributed by atoms with Crippen molar-refractivity contribution in [1.29, 1.82) is 0 Å². The number of epoxide rings is 2. The largest absolute Gasteiger partial charge is 0.436 e. The SMILES string of the molecule is BC1CC2(CO2)C(C2OC2CC=C(C)C)C2OBC12. The maximum atomic E-state index is 5.97. The van der Waals surface area contributed by atoms with Crippen LogP contribution in [0.25, 0.3) is 0 Å². The highest BCUT2D eigenvalue weighted by molar-refractivity contribution is 6.37. The smallest absolute Gasteiger partial charge is 0.280 e. The average Bonchev–Trinajstić information content (AvgIpc) is 3.16. The molecule has 1 spiro atoms. The highest BCUT2D eigenvalue weighted by atomic mass is 16.6. The second kappa shape index (κ2) is 4.12. The molecule has 5 heteroatoms. The summed E-state index contributed by atoms with van der Waals surface area (Å²) in [6, 6.07) is 0. The summed E-state index contributed by atoms with van der Waals surface area (Å²) >= 11 is 0. The van der Waals surface area contributed by atoms with Crippen LogP contribution in [0.4, 0.5) is 0 Å². The molecule has 7 atom stereocenters. The Bertz CT molecular complexity index is 417. The minimum atomic E-state index is 0.103. The van der Waals surface area contributed by atoms with E-state index in [-0.39, 0.29) is 5.60 Å². The summed E-state index contributed by atoms with van der Waals surface area (Å²) in [7, 11) is 3.30. The first-order valence-corrected chi connectivity index (χ1v) is 7.65. The fraction of sp³-hybridized carbons (Fsp3) is 0.857. The van der Waals surface area contributed by atoms with E-state index in [9.17, 15) is 0 Å². The number of allylic oxidation sites excluding steroid dienone is 1. The van der Waals surface area contributed by atoms with Crippen LogP contribution in [0.5, 0.6) is 0 Å². The number of ether oxygens (including phenoxy) is 2. The minimum Gasteiger partial charge on any atom is -0.436 e. The summed E-state index contributed by atoms with van der Waals surface area (Å²) in [5, 5.41) is 0. The molecular weight excluding hydrogens is 238 g/mol. The molecule has 4 fully saturated rings. The van der Waals surface area contributed by atoms with Crippen LogP contribution in [0.3, 0.4) is 0 Å². The molecule has 3 saturated heterocycles. The number of rotatable bonds is 3. The van der Waals surface area contributed by atoms with E-state index in [1.807, 2.05) is 0 Å². The summed E-state index contributed by atoms with van der Waals surface area (Å²) in [4.78, 5) is 0. The van der Waals surface area contributed by atoms with Crippen molar-refractivity contribution < 1.29 is 14.1 Å². The zero-order valence-electron chi connectivity index (χ0n) is 12.1. The molecule has 0 aromatic rings. The normalized spacial score (nSPS) is 53.8. The Balaban J connectivity index is 1.47. The Morgan fingerprint density at radius 1 is 1.42 bits per heavy atom. The minimum absolute atomic E-state index is 0.103. The van der Waals surface area contributed by atoms with E-state index in [2.05, 4.69) is 27.8 Å². The van der Waals surface area contributed by atoms with Crippen molar-refractivity contribution in [3.63, 3.8) is 0 Å². The molecule has 3 heterocycles. The van der Waals surface area contributed by atoms with Crippen LogP contribution in [0.1, 0.15) is 26.7 Å². The van der Waals surface area contributed by atoms with Crippen molar-refractivity contribution in [2.45, 2.75) is 62.2 Å². The van der Waals surface area contributed by atoms with Crippen LogP contribution in [-0.2, 0) is 14.1 Å². The molecule has 0 aromatic heterocycles. The summed E-state index contributed by atoms with van der Waals surface area (Å²) in [5.41, 5.74) is 1.48. The molecule has 1 saturated carbocycles. The van der Waals surface area contributed by atoms with Gasteiger partial charge in [0.15, 0.2) is 0 Å². The first-order chi connectivity index (χ1) is 9.11. The van der Waals surface area contributed by atoms with Gasteiger partial charge in [-0.05, 0) is 32.5 Å². The summed E-state index contributed by atoms with van der Waals surface area (Å²) < 4.78 is 17.7. The van der Waals surface area contributed by atoms with Crippen LogP contribution in [0.2, 0.25) is 11.6 Å². The summed E-state index contributed by atoms with van der Waals surface area (Å²) in [5.74, 6) is 1.97. The molecule has 4 aliphatic rings. The van der Waals surface area contributed by atoms with E-state index in [4.69, 9.17) is 14.1 Å². The first kappa shape index (κ1) is 12.5. The molecule has 4 rings (SSSR count). The van der Waals surface area contributed by atoms with Crippen LogP contribution < -0.4 is 0 Å². The van der Waals surface area contributed by atoms with Gasteiger partial charge in [0.2, 0.25) is 0 Å². The number of fused-ring (bicyclic) bond motifs is 1. The zero-order chi connectivity index (χ0) is 13.2. The van der Waals surface area contributed by atoms with Gasteiger partial charge in [0.1, 0.15) is 7.85 Å². The molecule has 0 radical (unpaired) electrons. The molecule has 19 heavy (non-hydrogen) atoms. The molecule has 102 valence electrons. The van der Waals surface area contributed by atoms with Gasteiger partial charge in [0.25, 0.3) is 7.48 Å². The van der Waals surface area contributed by atoms with Crippen LogP contribution >= 0.6 is 0 Å². The van der Waals surface area contributed by atoms with Crippen LogP contribution in [-0.4, -0.2) is 45.8 Å². The molecule has 3 aliphatic heterocycles. The van der Waals surface area contributed by atoms with E-state index in [1.54, 1.807) is 0 Å². The lowest BCUT2D eigenvalue weighted by atomic mass is 9.46. The molecule has 7 unspecified atom stereocenters. The van der Waals surface area contributed by atoms with E-state index in [0.29, 0.717) is 24.2 Å². The summed E-state index contributed by atoms with van der Waals surface area (Å²) in [6.07, 6.45) is 5.71. The highest BCUT2D eigenvalue weighted by Crippen LogP contribution is 2.61. The Morgan fingerprint density at radius 2 is 2.21 bits per heavy atom. The average molecular weight is 260 g/mol. The Kier molecular flexibility index (Phi) is 2.71. The molecule has 0 N–H and O–H groups in total. The molecular formula is C14H22B2O3. The molecule has 1 aliphatic carbocycles. The molecule has 0 aromatic carbocycles. The Hall–Kier alpha value is -0.250. The monoisotopic (exact) mass is 260 g/mol. The van der Waals surface area contributed by atoms with Gasteiger partial charge in [-0.1, -0.05) is 17.5 Å². The van der Waals surface area contributed by atoms with Crippen molar-refractivity contribution in [1.82, 2.24) is 0 Å². The lowest BCUT2D eigenvalue weighted by Crippen LogP contribution is -2.57. The number of hydrogen-bond acceptors (Lipinski definition) is 3. The van der Waals surface area contributed by atoms with Crippen molar-refractivity contribution in [3.05, 3.63) is 11.6 Å². The first-order valence-electron chi connectivity index (χ1n) is 7.65. The van der Waals surface area contributed by atoms with Crippen molar-refractivity contribution in [2.24, 2.45) is 5.92 Å². The van der Waals surface area contributed by atoms with Gasteiger partial charge >= 0.3 is 0 Å². The zero-order valence-corrected chi connectivity index (χ0v) is 12.1. The topological polar surface area (TPSA) is 34.3 Å². The second-order valence-electron chi connectivity index (χ2n) is 7.18. The lowest BCUT2D eigenvalue weighted by molar-refractivity contribution is -0.0210. The van der Waals surface area contributed by atoms with Gasteiger partial charge in [-0.15, -0.1) is 0 Å². The van der Waals surface area contributed by atoms with Crippen LogP contribution in [0.15, 0.2) is 11.6 Å². The maximum Gasteiger partial charge on any atom is 0.280 e.